The van der Waals surface area contributed by atoms with E-state index in [-0.39, 0.29) is 0 Å². The second-order valence-corrected chi connectivity index (χ2v) is 14.4. The maximum atomic E-state index is 6.41. The van der Waals surface area contributed by atoms with E-state index >= 15 is 0 Å². The molecule has 1 heterocycles. The fraction of sp³-hybridized carbons (Fsp3) is 0. The maximum Gasteiger partial charge on any atom is 0.136 e. The van der Waals surface area contributed by atoms with Gasteiger partial charge < -0.3 is 9.32 Å². The van der Waals surface area contributed by atoms with E-state index in [9.17, 15) is 0 Å². The SMILES string of the molecule is c1ccc(-c2cccc(N(c3cccc(-c4ccccc4)c3)c3ccccc3-c3cccc4c5ccc6oc7ccccc7c6c5c5ccccc5c34)c2)cc1. The molecule has 11 aromatic rings. The Bertz CT molecular complexity index is 3140. The van der Waals surface area contributed by atoms with E-state index in [1.165, 1.54) is 65.5 Å². The Balaban J connectivity index is 1.19. The minimum absolute atomic E-state index is 0.912. The van der Waals surface area contributed by atoms with E-state index in [1.807, 2.05) is 6.07 Å². The van der Waals surface area contributed by atoms with Crippen LogP contribution in [0.25, 0.3) is 87.6 Å². The van der Waals surface area contributed by atoms with E-state index in [1.54, 1.807) is 0 Å². The van der Waals surface area contributed by atoms with E-state index < -0.39 is 0 Å². The highest BCUT2D eigenvalue weighted by molar-refractivity contribution is 6.36. The summed E-state index contributed by atoms with van der Waals surface area (Å²) >= 11 is 0. The van der Waals surface area contributed by atoms with Crippen LogP contribution in [0.15, 0.2) is 217 Å². The summed E-state index contributed by atoms with van der Waals surface area (Å²) in [6.45, 7) is 0. The molecule has 0 aliphatic rings. The lowest BCUT2D eigenvalue weighted by atomic mass is 9.87. The number of para-hydroxylation sites is 2. The van der Waals surface area contributed by atoms with E-state index in [0.29, 0.717) is 0 Å². The zero-order valence-corrected chi connectivity index (χ0v) is 30.6. The molecule has 11 rings (SSSR count). The Morgan fingerprint density at radius 1 is 0.286 bits per heavy atom. The van der Waals surface area contributed by atoms with Crippen molar-refractivity contribution in [1.82, 2.24) is 0 Å². The lowest BCUT2D eigenvalue weighted by Gasteiger charge is -2.29. The van der Waals surface area contributed by atoms with Gasteiger partial charge >= 0.3 is 0 Å². The average Bonchev–Trinajstić information content (AvgIpc) is 3.66. The molecule has 10 aromatic carbocycles. The fourth-order valence-corrected chi connectivity index (χ4v) is 8.77. The van der Waals surface area contributed by atoms with Crippen LogP contribution in [0, 0.1) is 0 Å². The molecule has 262 valence electrons. The summed E-state index contributed by atoms with van der Waals surface area (Å²) < 4.78 is 6.41. The zero-order chi connectivity index (χ0) is 37.0. The number of fused-ring (bicyclic) bond motifs is 10. The van der Waals surface area contributed by atoms with Crippen molar-refractivity contribution >= 4 is 71.3 Å². The third kappa shape index (κ3) is 5.19. The number of benzene rings is 10. The van der Waals surface area contributed by atoms with Gasteiger partial charge in [-0.05, 0) is 103 Å². The highest BCUT2D eigenvalue weighted by atomic mass is 16.3. The second kappa shape index (κ2) is 13.2. The second-order valence-electron chi connectivity index (χ2n) is 14.4. The molecule has 0 radical (unpaired) electrons. The van der Waals surface area contributed by atoms with Gasteiger partial charge in [0.1, 0.15) is 11.2 Å². The van der Waals surface area contributed by atoms with Gasteiger partial charge in [-0.25, -0.2) is 0 Å². The number of rotatable bonds is 6. The quantitative estimate of drug-likeness (QED) is 0.160. The van der Waals surface area contributed by atoms with Crippen molar-refractivity contribution in [2.75, 3.05) is 4.90 Å². The van der Waals surface area contributed by atoms with Gasteiger partial charge in [0.15, 0.2) is 0 Å². The van der Waals surface area contributed by atoms with Crippen LogP contribution >= 0.6 is 0 Å². The van der Waals surface area contributed by atoms with Crippen molar-refractivity contribution in [2.24, 2.45) is 0 Å². The minimum atomic E-state index is 0.912. The molecule has 0 amide bonds. The average molecular weight is 714 g/mol. The number of hydrogen-bond acceptors (Lipinski definition) is 2. The molecule has 0 aliphatic heterocycles. The first-order valence-electron chi connectivity index (χ1n) is 19.2. The summed E-state index contributed by atoms with van der Waals surface area (Å²) in [6, 6.07) is 76.5. The van der Waals surface area contributed by atoms with Gasteiger partial charge in [-0.15, -0.1) is 0 Å². The summed E-state index contributed by atoms with van der Waals surface area (Å²) in [5.41, 5.74) is 12.2. The van der Waals surface area contributed by atoms with Gasteiger partial charge in [0.05, 0.1) is 5.69 Å². The molecular formula is C54H35NO. The molecule has 0 fully saturated rings. The van der Waals surface area contributed by atoms with Crippen LogP contribution in [-0.4, -0.2) is 0 Å². The summed E-state index contributed by atoms with van der Waals surface area (Å²) in [7, 11) is 0. The van der Waals surface area contributed by atoms with E-state index in [0.717, 1.165) is 39.2 Å². The highest BCUT2D eigenvalue weighted by Gasteiger charge is 2.22. The van der Waals surface area contributed by atoms with Gasteiger partial charge in [0, 0.05) is 33.1 Å². The smallest absolute Gasteiger partial charge is 0.136 e. The number of hydrogen-bond donors (Lipinski definition) is 0. The first-order valence-corrected chi connectivity index (χ1v) is 19.2. The Labute approximate surface area is 325 Å². The van der Waals surface area contributed by atoms with Gasteiger partial charge in [-0.1, -0.05) is 164 Å². The molecule has 0 atom stereocenters. The van der Waals surface area contributed by atoms with Crippen LogP contribution in [-0.2, 0) is 0 Å². The Hall–Kier alpha value is -7.42. The van der Waals surface area contributed by atoms with Crippen LogP contribution in [0.1, 0.15) is 0 Å². The van der Waals surface area contributed by atoms with Crippen molar-refractivity contribution in [3.8, 4) is 33.4 Å². The predicted molar refractivity (Wildman–Crippen MR) is 237 cm³/mol. The third-order valence-corrected chi connectivity index (χ3v) is 11.2. The monoisotopic (exact) mass is 713 g/mol. The molecule has 0 N–H and O–H groups in total. The van der Waals surface area contributed by atoms with Crippen molar-refractivity contribution < 1.29 is 4.42 Å². The Morgan fingerprint density at radius 2 is 0.768 bits per heavy atom. The van der Waals surface area contributed by atoms with Gasteiger partial charge in [0.2, 0.25) is 0 Å². The summed E-state index contributed by atoms with van der Waals surface area (Å²) in [5, 5.41) is 9.68. The van der Waals surface area contributed by atoms with Gasteiger partial charge in [-0.2, -0.15) is 0 Å². The number of furan rings is 1. The summed E-state index contributed by atoms with van der Waals surface area (Å²) in [5.74, 6) is 0. The predicted octanol–water partition coefficient (Wildman–Crippen LogP) is 15.5. The van der Waals surface area contributed by atoms with Crippen LogP contribution in [0.3, 0.4) is 0 Å². The van der Waals surface area contributed by atoms with Crippen molar-refractivity contribution in [3.63, 3.8) is 0 Å². The lowest BCUT2D eigenvalue weighted by molar-refractivity contribution is 0.669. The summed E-state index contributed by atoms with van der Waals surface area (Å²) in [6.07, 6.45) is 0. The van der Waals surface area contributed by atoms with Crippen LogP contribution in [0.4, 0.5) is 17.1 Å². The van der Waals surface area contributed by atoms with Crippen molar-refractivity contribution in [2.45, 2.75) is 0 Å². The molecule has 0 bridgehead atoms. The molecule has 0 spiro atoms. The first kappa shape index (κ1) is 32.0. The van der Waals surface area contributed by atoms with Crippen molar-refractivity contribution in [1.29, 1.82) is 0 Å². The molecule has 2 nitrogen and oxygen atoms in total. The lowest BCUT2D eigenvalue weighted by Crippen LogP contribution is -2.11. The van der Waals surface area contributed by atoms with Gasteiger partial charge in [0.25, 0.3) is 0 Å². The molecular weight excluding hydrogens is 679 g/mol. The topological polar surface area (TPSA) is 16.4 Å². The maximum absolute atomic E-state index is 6.41. The number of anilines is 3. The highest BCUT2D eigenvalue weighted by Crippen LogP contribution is 2.48. The standard InChI is InChI=1S/C54H35NO/c1-3-16-36(17-4-1)38-20-13-22-40(34-38)55(41-23-14-21-39(35-41)37-18-5-2-6-19-37)49-30-11-9-24-42(49)43-28-15-29-45-47-32-33-51-54(48-27-10-12-31-50(48)56-51)53(47)46-26-8-7-25-44(46)52(43)45/h1-35H. The number of nitrogens with zero attached hydrogens (tertiary/aromatic N) is 1. The fourth-order valence-electron chi connectivity index (χ4n) is 8.77. The summed E-state index contributed by atoms with van der Waals surface area (Å²) in [4.78, 5) is 2.43. The molecule has 2 heteroatoms. The van der Waals surface area contributed by atoms with Crippen LogP contribution in [0.5, 0.6) is 0 Å². The molecule has 0 unspecified atom stereocenters. The zero-order valence-electron chi connectivity index (χ0n) is 30.6. The molecule has 0 saturated carbocycles. The third-order valence-electron chi connectivity index (χ3n) is 11.2. The normalized spacial score (nSPS) is 11.6. The molecule has 56 heavy (non-hydrogen) atoms. The van der Waals surface area contributed by atoms with E-state index in [2.05, 4.69) is 211 Å². The molecule has 0 saturated heterocycles. The van der Waals surface area contributed by atoms with E-state index in [4.69, 9.17) is 4.42 Å². The van der Waals surface area contributed by atoms with Crippen LogP contribution < -0.4 is 4.90 Å². The molecule has 0 aliphatic carbocycles. The van der Waals surface area contributed by atoms with Crippen molar-refractivity contribution in [3.05, 3.63) is 212 Å². The largest absolute Gasteiger partial charge is 0.456 e. The van der Waals surface area contributed by atoms with Gasteiger partial charge in [-0.3, -0.25) is 0 Å². The Morgan fingerprint density at radius 3 is 1.45 bits per heavy atom. The Kier molecular flexibility index (Phi) is 7.53. The van der Waals surface area contributed by atoms with Crippen LogP contribution in [0.2, 0.25) is 0 Å². The minimum Gasteiger partial charge on any atom is -0.456 e. The molecule has 1 aromatic heterocycles. The first-order chi connectivity index (χ1) is 27.8.